The fourth-order valence-corrected chi connectivity index (χ4v) is 4.54. The summed E-state index contributed by atoms with van der Waals surface area (Å²) in [5.74, 6) is 0.212. The molecule has 1 atom stereocenters. The smallest absolute Gasteiger partial charge is 0.416 e. The highest BCUT2D eigenvalue weighted by Gasteiger charge is 2.32. The number of rotatable bonds is 6. The highest BCUT2D eigenvalue weighted by atomic mass is 19.4. The third-order valence-corrected chi connectivity index (χ3v) is 6.14. The van der Waals surface area contributed by atoms with E-state index in [1.165, 1.54) is 5.56 Å². The van der Waals surface area contributed by atoms with Crippen LogP contribution < -0.4 is 10.1 Å². The summed E-state index contributed by atoms with van der Waals surface area (Å²) in [6.07, 6.45) is -3.89. The van der Waals surface area contributed by atoms with E-state index >= 15 is 0 Å². The second-order valence-corrected chi connectivity index (χ2v) is 8.95. The number of para-hydroxylation sites is 1. The minimum atomic E-state index is -4.49. The van der Waals surface area contributed by atoms with Crippen molar-refractivity contribution in [1.29, 1.82) is 0 Å². The van der Waals surface area contributed by atoms with Crippen LogP contribution in [0.2, 0.25) is 0 Å². The molecule has 1 aliphatic rings. The number of nitrogens with zero attached hydrogens (tertiary/aromatic N) is 2. The third kappa shape index (κ3) is 5.57. The maximum atomic E-state index is 13.7. The molecule has 3 aromatic carbocycles. The summed E-state index contributed by atoms with van der Waals surface area (Å²) in [4.78, 5) is 6.77. The molecule has 1 aromatic heterocycles. The van der Waals surface area contributed by atoms with Gasteiger partial charge in [0.2, 0.25) is 0 Å². The van der Waals surface area contributed by atoms with E-state index in [-0.39, 0.29) is 11.9 Å². The van der Waals surface area contributed by atoms with Gasteiger partial charge in [0.1, 0.15) is 11.9 Å². The molecule has 0 radical (unpaired) electrons. The van der Waals surface area contributed by atoms with Crippen molar-refractivity contribution >= 4 is 22.3 Å². The van der Waals surface area contributed by atoms with E-state index in [9.17, 15) is 13.2 Å². The number of benzene rings is 3. The maximum Gasteiger partial charge on any atom is 0.416 e. The van der Waals surface area contributed by atoms with Crippen LogP contribution in [0.5, 0.6) is 5.75 Å². The summed E-state index contributed by atoms with van der Waals surface area (Å²) < 4.78 is 47.2. The molecule has 5 rings (SSSR count). The van der Waals surface area contributed by atoms with Gasteiger partial charge in [-0.25, -0.2) is 0 Å². The molecule has 0 aliphatic carbocycles. The van der Waals surface area contributed by atoms with Crippen LogP contribution in [0.1, 0.15) is 23.2 Å². The molecule has 7 heteroatoms. The van der Waals surface area contributed by atoms with Crippen LogP contribution in [-0.2, 0) is 12.7 Å². The molecule has 2 heterocycles. The summed E-state index contributed by atoms with van der Waals surface area (Å²) in [7, 11) is 0. The summed E-state index contributed by atoms with van der Waals surface area (Å²) in [6.45, 7) is 4.16. The minimum absolute atomic E-state index is 0.168. The topological polar surface area (TPSA) is 37.4 Å². The summed E-state index contributed by atoms with van der Waals surface area (Å²) in [5, 5.41) is 4.01. The summed E-state index contributed by atoms with van der Waals surface area (Å²) in [6, 6.07) is 23.4. The van der Waals surface area contributed by atoms with E-state index in [0.717, 1.165) is 48.2 Å². The van der Waals surface area contributed by atoms with Crippen molar-refractivity contribution in [2.75, 3.05) is 18.4 Å². The lowest BCUT2D eigenvalue weighted by atomic mass is 10.1. The van der Waals surface area contributed by atoms with Crippen molar-refractivity contribution < 1.29 is 17.9 Å². The van der Waals surface area contributed by atoms with Crippen LogP contribution >= 0.6 is 0 Å². The fourth-order valence-electron chi connectivity index (χ4n) is 4.54. The van der Waals surface area contributed by atoms with Crippen molar-refractivity contribution in [3.05, 3.63) is 95.7 Å². The van der Waals surface area contributed by atoms with Crippen LogP contribution in [0.3, 0.4) is 0 Å². The highest BCUT2D eigenvalue weighted by Crippen LogP contribution is 2.36. The molecule has 4 nitrogen and oxygen atoms in total. The van der Waals surface area contributed by atoms with Crippen LogP contribution in [0.15, 0.2) is 78.9 Å². The normalized spacial score (nSPS) is 16.5. The highest BCUT2D eigenvalue weighted by molar-refractivity contribution is 5.93. The van der Waals surface area contributed by atoms with Gasteiger partial charge in [-0.2, -0.15) is 13.2 Å². The Hall–Kier alpha value is -3.58. The number of ether oxygens (including phenoxy) is 1. The second-order valence-electron chi connectivity index (χ2n) is 8.95. The Morgan fingerprint density at radius 3 is 2.57 bits per heavy atom. The first-order valence-electron chi connectivity index (χ1n) is 11.6. The zero-order valence-electron chi connectivity index (χ0n) is 19.3. The second kappa shape index (κ2) is 9.58. The van der Waals surface area contributed by atoms with Gasteiger partial charge in [-0.15, -0.1) is 0 Å². The Bertz CT molecular complexity index is 1320. The number of aromatic nitrogens is 1. The van der Waals surface area contributed by atoms with Gasteiger partial charge in [0.05, 0.1) is 11.1 Å². The number of anilines is 2. The van der Waals surface area contributed by atoms with E-state index in [4.69, 9.17) is 4.74 Å². The Labute approximate surface area is 202 Å². The van der Waals surface area contributed by atoms with Crippen molar-refractivity contribution in [1.82, 2.24) is 9.88 Å². The van der Waals surface area contributed by atoms with Crippen LogP contribution in [0.4, 0.5) is 24.5 Å². The molecule has 1 saturated heterocycles. The number of pyridine rings is 1. The zero-order valence-corrected chi connectivity index (χ0v) is 19.3. The molecular weight excluding hydrogens is 451 g/mol. The number of fused-ring (bicyclic) bond motifs is 1. The minimum Gasteiger partial charge on any atom is -0.489 e. The number of hydrogen-bond donors (Lipinski definition) is 1. The lowest BCUT2D eigenvalue weighted by Gasteiger charge is -2.19. The molecular formula is C28H26F3N3O. The van der Waals surface area contributed by atoms with E-state index in [1.54, 1.807) is 6.07 Å². The SMILES string of the molecule is Cc1cc(Nc2cc(O[C@@H]3CCN(Cc4ccccc4)C3)cc(C(F)(F)F)c2)c2ccccc2n1. The lowest BCUT2D eigenvalue weighted by molar-refractivity contribution is -0.137. The monoisotopic (exact) mass is 477 g/mol. The fraction of sp³-hybridized carbons (Fsp3) is 0.250. The molecule has 180 valence electrons. The Morgan fingerprint density at radius 1 is 1.00 bits per heavy atom. The van der Waals surface area contributed by atoms with Crippen molar-refractivity contribution in [3.63, 3.8) is 0 Å². The summed E-state index contributed by atoms with van der Waals surface area (Å²) >= 11 is 0. The van der Waals surface area contributed by atoms with Crippen molar-refractivity contribution in [2.45, 2.75) is 32.2 Å². The standard InChI is InChI=1S/C28H26F3N3O/c1-19-13-27(25-9-5-6-10-26(25)32-19)33-22-14-21(28(29,30)31)15-24(16-22)35-23-11-12-34(18-23)17-20-7-3-2-4-8-20/h2-10,13-16,23H,11-12,17-18H2,1H3,(H,32,33)/t23-/m1/s1. The number of halogens is 3. The quantitative estimate of drug-likeness (QED) is 0.326. The molecule has 4 aromatic rings. The van der Waals surface area contributed by atoms with Gasteiger partial charge >= 0.3 is 6.18 Å². The van der Waals surface area contributed by atoms with Crippen molar-refractivity contribution in [3.8, 4) is 5.75 Å². The van der Waals surface area contributed by atoms with Crippen LogP contribution in [-0.4, -0.2) is 29.1 Å². The predicted octanol–water partition coefficient (Wildman–Crippen LogP) is 6.96. The van der Waals surface area contributed by atoms with Crippen LogP contribution in [0.25, 0.3) is 10.9 Å². The van der Waals surface area contributed by atoms with E-state index < -0.39 is 11.7 Å². The van der Waals surface area contributed by atoms with E-state index in [0.29, 0.717) is 17.9 Å². The number of alkyl halides is 3. The van der Waals surface area contributed by atoms with Crippen LogP contribution in [0, 0.1) is 6.92 Å². The number of aryl methyl sites for hydroxylation is 1. The van der Waals surface area contributed by atoms with Gasteiger partial charge in [0.15, 0.2) is 0 Å². The molecule has 0 saturated carbocycles. The molecule has 1 fully saturated rings. The van der Waals surface area contributed by atoms with E-state index in [2.05, 4.69) is 27.3 Å². The summed E-state index contributed by atoms with van der Waals surface area (Å²) in [5.41, 5.74) is 3.05. The molecule has 0 bridgehead atoms. The van der Waals surface area contributed by atoms with Gasteiger partial charge in [-0.1, -0.05) is 48.5 Å². The maximum absolute atomic E-state index is 13.7. The predicted molar refractivity (Wildman–Crippen MR) is 132 cm³/mol. The molecule has 1 aliphatic heterocycles. The molecule has 0 unspecified atom stereocenters. The van der Waals surface area contributed by atoms with Gasteiger partial charge in [-0.3, -0.25) is 9.88 Å². The van der Waals surface area contributed by atoms with Gasteiger partial charge < -0.3 is 10.1 Å². The molecule has 0 amide bonds. The average molecular weight is 478 g/mol. The van der Waals surface area contributed by atoms with Crippen molar-refractivity contribution in [2.24, 2.45) is 0 Å². The number of hydrogen-bond acceptors (Lipinski definition) is 4. The third-order valence-electron chi connectivity index (χ3n) is 6.14. The number of nitrogens with one attached hydrogen (secondary N) is 1. The lowest BCUT2D eigenvalue weighted by Crippen LogP contribution is -2.24. The van der Waals surface area contributed by atoms with Gasteiger partial charge in [0.25, 0.3) is 0 Å². The number of likely N-dealkylation sites (tertiary alicyclic amines) is 1. The van der Waals surface area contributed by atoms with Gasteiger partial charge in [0, 0.05) is 48.2 Å². The first kappa shape index (κ1) is 23.2. The van der Waals surface area contributed by atoms with E-state index in [1.807, 2.05) is 55.5 Å². The first-order chi connectivity index (χ1) is 16.8. The zero-order chi connectivity index (χ0) is 24.4. The Morgan fingerprint density at radius 2 is 1.77 bits per heavy atom. The molecule has 35 heavy (non-hydrogen) atoms. The van der Waals surface area contributed by atoms with Gasteiger partial charge in [-0.05, 0) is 43.2 Å². The molecule has 0 spiro atoms. The first-order valence-corrected chi connectivity index (χ1v) is 11.6. The Balaban J connectivity index is 1.38. The molecule has 1 N–H and O–H groups in total. The average Bonchev–Trinajstić information content (AvgIpc) is 3.25. The Kier molecular flexibility index (Phi) is 6.34. The largest absolute Gasteiger partial charge is 0.489 e.